The lowest BCUT2D eigenvalue weighted by atomic mass is 10.1. The Kier molecular flexibility index (Phi) is 6.65. The van der Waals surface area contributed by atoms with Crippen LogP contribution in [-0.4, -0.2) is 24.2 Å². The molecule has 1 aromatic carbocycles. The fraction of sp³-hybridized carbons (Fsp3) is 0.500. The van der Waals surface area contributed by atoms with Crippen LogP contribution >= 0.6 is 34.2 Å². The van der Waals surface area contributed by atoms with E-state index in [-0.39, 0.29) is 12.2 Å². The first kappa shape index (κ1) is 14.2. The zero-order valence-corrected chi connectivity index (χ0v) is 12.4. The molecular weight excluding hydrogens is 338 g/mol. The minimum Gasteiger partial charge on any atom is -0.382 e. The molecule has 0 N–H and O–H groups in total. The molecule has 0 saturated carbocycles. The quantitative estimate of drug-likeness (QED) is 0.570. The molecule has 0 amide bonds. The van der Waals surface area contributed by atoms with E-state index in [1.807, 2.05) is 31.2 Å². The number of methoxy groups -OCH3 is 1. The first-order valence-electron chi connectivity index (χ1n) is 5.13. The highest BCUT2D eigenvalue weighted by atomic mass is 127. The Bertz CT molecular complexity index is 302. The minimum absolute atomic E-state index is 0.0976. The second-order valence-corrected chi connectivity index (χ2v) is 4.91. The van der Waals surface area contributed by atoms with Gasteiger partial charge in [0, 0.05) is 16.6 Å². The van der Waals surface area contributed by atoms with Crippen molar-refractivity contribution in [3.63, 3.8) is 0 Å². The number of hydrogen-bond donors (Lipinski definition) is 0. The average Bonchev–Trinajstić information content (AvgIpc) is 2.27. The van der Waals surface area contributed by atoms with Gasteiger partial charge in [0.05, 0.1) is 18.8 Å². The van der Waals surface area contributed by atoms with Crippen molar-refractivity contribution in [1.29, 1.82) is 0 Å². The second kappa shape index (κ2) is 7.48. The van der Waals surface area contributed by atoms with Gasteiger partial charge >= 0.3 is 0 Å². The van der Waals surface area contributed by atoms with Gasteiger partial charge in [-0.05, 0) is 24.6 Å². The van der Waals surface area contributed by atoms with Crippen LogP contribution < -0.4 is 0 Å². The van der Waals surface area contributed by atoms with Crippen LogP contribution in [0, 0.1) is 0 Å². The summed E-state index contributed by atoms with van der Waals surface area (Å²) in [5, 5.41) is 0.751. The first-order chi connectivity index (χ1) is 7.67. The maximum atomic E-state index is 5.89. The van der Waals surface area contributed by atoms with E-state index >= 15 is 0 Å². The molecule has 2 unspecified atom stereocenters. The molecular formula is C12H16ClIO2. The molecule has 0 saturated heterocycles. The molecule has 90 valence electrons. The van der Waals surface area contributed by atoms with Crippen molar-refractivity contribution in [2.75, 3.05) is 18.1 Å². The molecule has 0 aliphatic heterocycles. The van der Waals surface area contributed by atoms with Crippen LogP contribution in [-0.2, 0) is 9.47 Å². The Morgan fingerprint density at radius 1 is 1.31 bits per heavy atom. The minimum atomic E-state index is 0.0976. The number of hydrogen-bond acceptors (Lipinski definition) is 2. The predicted molar refractivity (Wildman–Crippen MR) is 75.5 cm³/mol. The van der Waals surface area contributed by atoms with Gasteiger partial charge in [-0.1, -0.05) is 46.3 Å². The van der Waals surface area contributed by atoms with Crippen LogP contribution in [0.3, 0.4) is 0 Å². The molecule has 0 fully saturated rings. The summed E-state index contributed by atoms with van der Waals surface area (Å²) >= 11 is 8.18. The maximum absolute atomic E-state index is 5.89. The number of ether oxygens (including phenoxy) is 2. The summed E-state index contributed by atoms with van der Waals surface area (Å²) in [7, 11) is 1.68. The van der Waals surface area contributed by atoms with Crippen molar-refractivity contribution in [2.45, 2.75) is 19.1 Å². The highest BCUT2D eigenvalue weighted by Crippen LogP contribution is 2.23. The summed E-state index contributed by atoms with van der Waals surface area (Å²) in [6, 6.07) is 7.79. The molecule has 16 heavy (non-hydrogen) atoms. The maximum Gasteiger partial charge on any atom is 0.0919 e. The summed E-state index contributed by atoms with van der Waals surface area (Å²) in [6.45, 7) is 2.62. The Labute approximate surface area is 115 Å². The van der Waals surface area contributed by atoms with Crippen LogP contribution in [0.25, 0.3) is 0 Å². The standard InChI is InChI=1S/C12H16ClIO2/c1-9(8-15-2)16-12(7-14)10-3-5-11(13)6-4-10/h3-6,9,12H,7-8H2,1-2H3. The van der Waals surface area contributed by atoms with E-state index in [2.05, 4.69) is 22.6 Å². The average molecular weight is 355 g/mol. The van der Waals surface area contributed by atoms with E-state index in [4.69, 9.17) is 21.1 Å². The molecule has 0 aliphatic carbocycles. The number of benzene rings is 1. The first-order valence-corrected chi connectivity index (χ1v) is 7.03. The van der Waals surface area contributed by atoms with Gasteiger partial charge in [-0.2, -0.15) is 0 Å². The van der Waals surface area contributed by atoms with Gasteiger partial charge < -0.3 is 9.47 Å². The Balaban J connectivity index is 2.63. The normalized spacial score (nSPS) is 14.8. The number of halogens is 2. The lowest BCUT2D eigenvalue weighted by Gasteiger charge is -2.20. The SMILES string of the molecule is COCC(C)OC(CI)c1ccc(Cl)cc1. The third kappa shape index (κ3) is 4.57. The van der Waals surface area contributed by atoms with Crippen molar-refractivity contribution in [3.05, 3.63) is 34.9 Å². The highest BCUT2D eigenvalue weighted by Gasteiger charge is 2.14. The van der Waals surface area contributed by atoms with E-state index < -0.39 is 0 Å². The van der Waals surface area contributed by atoms with Crippen LogP contribution in [0.5, 0.6) is 0 Å². The molecule has 0 bridgehead atoms. The van der Waals surface area contributed by atoms with Gasteiger partial charge in [0.2, 0.25) is 0 Å². The molecule has 2 atom stereocenters. The van der Waals surface area contributed by atoms with E-state index in [0.29, 0.717) is 6.61 Å². The monoisotopic (exact) mass is 354 g/mol. The summed E-state index contributed by atoms with van der Waals surface area (Å²) < 4.78 is 11.9. The number of rotatable bonds is 6. The van der Waals surface area contributed by atoms with Crippen molar-refractivity contribution < 1.29 is 9.47 Å². The van der Waals surface area contributed by atoms with E-state index in [9.17, 15) is 0 Å². The van der Waals surface area contributed by atoms with E-state index in [1.54, 1.807) is 7.11 Å². The number of alkyl halides is 1. The van der Waals surface area contributed by atoms with E-state index in [0.717, 1.165) is 15.0 Å². The smallest absolute Gasteiger partial charge is 0.0919 e. The van der Waals surface area contributed by atoms with Crippen molar-refractivity contribution >= 4 is 34.2 Å². The van der Waals surface area contributed by atoms with Crippen molar-refractivity contribution in [1.82, 2.24) is 0 Å². The van der Waals surface area contributed by atoms with Crippen molar-refractivity contribution in [3.8, 4) is 0 Å². The second-order valence-electron chi connectivity index (χ2n) is 3.60. The fourth-order valence-corrected chi connectivity index (χ4v) is 2.28. The molecule has 1 aromatic rings. The molecule has 0 aliphatic rings. The molecule has 0 heterocycles. The Morgan fingerprint density at radius 2 is 1.94 bits per heavy atom. The fourth-order valence-electron chi connectivity index (χ4n) is 1.44. The van der Waals surface area contributed by atoms with Gasteiger partial charge in [-0.25, -0.2) is 0 Å². The van der Waals surface area contributed by atoms with E-state index in [1.165, 1.54) is 0 Å². The zero-order valence-electron chi connectivity index (χ0n) is 9.45. The summed E-state index contributed by atoms with van der Waals surface area (Å²) in [5.74, 6) is 0. The summed E-state index contributed by atoms with van der Waals surface area (Å²) in [6.07, 6.45) is 0.198. The van der Waals surface area contributed by atoms with Crippen LogP contribution in [0.15, 0.2) is 24.3 Å². The van der Waals surface area contributed by atoms with Gasteiger partial charge in [-0.15, -0.1) is 0 Å². The topological polar surface area (TPSA) is 18.5 Å². The third-order valence-corrected chi connectivity index (χ3v) is 3.23. The molecule has 2 nitrogen and oxygen atoms in total. The van der Waals surface area contributed by atoms with Crippen LogP contribution in [0.4, 0.5) is 0 Å². The molecule has 0 radical (unpaired) electrons. The van der Waals surface area contributed by atoms with Gasteiger partial charge in [0.1, 0.15) is 0 Å². The summed E-state index contributed by atoms with van der Waals surface area (Å²) in [4.78, 5) is 0. The Hall–Kier alpha value is 0.160. The van der Waals surface area contributed by atoms with Crippen LogP contribution in [0.2, 0.25) is 5.02 Å². The molecule has 0 spiro atoms. The van der Waals surface area contributed by atoms with Gasteiger partial charge in [0.25, 0.3) is 0 Å². The lowest BCUT2D eigenvalue weighted by Crippen LogP contribution is -2.19. The highest BCUT2D eigenvalue weighted by molar-refractivity contribution is 14.1. The van der Waals surface area contributed by atoms with Crippen LogP contribution in [0.1, 0.15) is 18.6 Å². The zero-order chi connectivity index (χ0) is 12.0. The molecule has 0 aromatic heterocycles. The molecule has 1 rings (SSSR count). The van der Waals surface area contributed by atoms with Gasteiger partial charge in [-0.3, -0.25) is 0 Å². The Morgan fingerprint density at radius 3 is 2.44 bits per heavy atom. The third-order valence-electron chi connectivity index (χ3n) is 2.18. The van der Waals surface area contributed by atoms with Gasteiger partial charge in [0.15, 0.2) is 0 Å². The predicted octanol–water partition coefficient (Wildman–Crippen LogP) is 3.87. The molecule has 4 heteroatoms. The largest absolute Gasteiger partial charge is 0.382 e. The summed E-state index contributed by atoms with van der Waals surface area (Å²) in [5.41, 5.74) is 1.15. The van der Waals surface area contributed by atoms with Crippen molar-refractivity contribution in [2.24, 2.45) is 0 Å². The lowest BCUT2D eigenvalue weighted by molar-refractivity contribution is -0.0291.